The number of aliphatic hydroxyl groups is 1. The van der Waals surface area contributed by atoms with E-state index in [1.807, 2.05) is 0 Å². The van der Waals surface area contributed by atoms with E-state index in [2.05, 4.69) is 10.3 Å². The Kier molecular flexibility index (Phi) is 7.73. The fourth-order valence-corrected chi connectivity index (χ4v) is 3.86. The summed E-state index contributed by atoms with van der Waals surface area (Å²) in [6.07, 6.45) is -3.32. The summed E-state index contributed by atoms with van der Waals surface area (Å²) >= 11 is 0. The smallest absolute Gasteiger partial charge is 0.259 e. The first-order valence-corrected chi connectivity index (χ1v) is 10.5. The first-order chi connectivity index (χ1) is 16.2. The fraction of sp³-hybridized carbons (Fsp3) is 0.304. The van der Waals surface area contributed by atoms with Crippen LogP contribution >= 0.6 is 12.4 Å². The van der Waals surface area contributed by atoms with Crippen molar-refractivity contribution in [1.29, 1.82) is 0 Å². The molecule has 0 aromatic heterocycles. The van der Waals surface area contributed by atoms with Gasteiger partial charge in [0.05, 0.1) is 13.2 Å². The van der Waals surface area contributed by atoms with Crippen molar-refractivity contribution < 1.29 is 28.6 Å². The maximum Gasteiger partial charge on any atom is 0.259 e. The van der Waals surface area contributed by atoms with Gasteiger partial charge in [-0.2, -0.15) is 0 Å². The number of halogens is 2. The lowest BCUT2D eigenvalue weighted by Gasteiger charge is -2.34. The summed E-state index contributed by atoms with van der Waals surface area (Å²) in [5, 5.41) is 13.1. The minimum Gasteiger partial charge on any atom is -0.383 e. The van der Waals surface area contributed by atoms with Gasteiger partial charge in [0.25, 0.3) is 17.7 Å². The normalized spacial score (nSPS) is 17.7. The van der Waals surface area contributed by atoms with Crippen LogP contribution in [0.5, 0.6) is 0 Å². The van der Waals surface area contributed by atoms with Crippen LogP contribution in [-0.4, -0.2) is 73.0 Å². The van der Waals surface area contributed by atoms with Crippen molar-refractivity contribution in [3.63, 3.8) is 0 Å². The molecule has 2 atom stereocenters. The zero-order chi connectivity index (χ0) is 24.6. The molecule has 35 heavy (non-hydrogen) atoms. The molecule has 2 heterocycles. The lowest BCUT2D eigenvalue weighted by Crippen LogP contribution is -2.55. The molecule has 0 spiro atoms. The topological polar surface area (TPSA) is 138 Å². The number of hydrogen-bond donors (Lipinski definition) is 3. The third-order valence-corrected chi connectivity index (χ3v) is 5.59. The molecule has 3 amide bonds. The van der Waals surface area contributed by atoms with Crippen LogP contribution in [0.2, 0.25) is 0 Å². The quantitative estimate of drug-likeness (QED) is 0.552. The number of aliphatic hydroxyl groups excluding tert-OH is 1. The molecule has 0 radical (unpaired) electrons. The summed E-state index contributed by atoms with van der Waals surface area (Å²) in [5.74, 6) is -2.27. The van der Waals surface area contributed by atoms with E-state index in [0.29, 0.717) is 18.1 Å². The van der Waals surface area contributed by atoms with Crippen LogP contribution in [-0.2, 0) is 20.9 Å². The number of aliphatic imine (C=N–C) groups is 1. The van der Waals surface area contributed by atoms with Gasteiger partial charge in [0, 0.05) is 43.1 Å². The first-order valence-electron chi connectivity index (χ1n) is 10.5. The molecule has 0 saturated carbocycles. The van der Waals surface area contributed by atoms with Crippen molar-refractivity contribution in [2.45, 2.75) is 18.8 Å². The summed E-state index contributed by atoms with van der Waals surface area (Å²) in [6, 6.07) is 8.59. The summed E-state index contributed by atoms with van der Waals surface area (Å²) < 4.78 is 19.6. The molecule has 2 aliphatic rings. The third kappa shape index (κ3) is 5.26. The second kappa shape index (κ2) is 10.4. The predicted octanol–water partition coefficient (Wildman–Crippen LogP) is 0.900. The van der Waals surface area contributed by atoms with Gasteiger partial charge in [-0.25, -0.2) is 4.39 Å². The summed E-state index contributed by atoms with van der Waals surface area (Å²) in [6.45, 7) is 0.456. The highest BCUT2D eigenvalue weighted by molar-refractivity contribution is 6.05. The highest BCUT2D eigenvalue weighted by Crippen LogP contribution is 2.25. The first kappa shape index (κ1) is 26.1. The zero-order valence-corrected chi connectivity index (χ0v) is 19.8. The number of rotatable bonds is 5. The Hall–Kier alpha value is -3.54. The van der Waals surface area contributed by atoms with Gasteiger partial charge in [-0.3, -0.25) is 19.4 Å². The van der Waals surface area contributed by atoms with Gasteiger partial charge in [-0.15, -0.1) is 12.4 Å². The van der Waals surface area contributed by atoms with Gasteiger partial charge in [0.2, 0.25) is 0 Å². The standard InChI is InChI=1S/C23H24FN5O5.ClH/c1-28(2)22(32)12-7-14(24)10-16(9-12)29-5-6-34-19(23(29)33)18(30)21(31)27-15-3-4-17-13(8-15)11-26-20(17)25;/h3-4,7-10,18-19,30H,5-6,11H2,1-2H3,(H2,25,26)(H,27,31);1H/t18-,19-;/m1./s1. The largest absolute Gasteiger partial charge is 0.383 e. The Morgan fingerprint density at radius 3 is 2.74 bits per heavy atom. The van der Waals surface area contributed by atoms with Crippen LogP contribution in [0.3, 0.4) is 0 Å². The average Bonchev–Trinajstić information content (AvgIpc) is 3.17. The van der Waals surface area contributed by atoms with Gasteiger partial charge >= 0.3 is 0 Å². The van der Waals surface area contributed by atoms with Crippen molar-refractivity contribution in [2.24, 2.45) is 10.7 Å². The van der Waals surface area contributed by atoms with E-state index >= 15 is 0 Å². The number of amidine groups is 1. The fourth-order valence-electron chi connectivity index (χ4n) is 3.86. The number of carbonyl (C=O) groups is 3. The molecule has 0 unspecified atom stereocenters. The SMILES string of the molecule is CN(C)C(=O)c1cc(F)cc(N2CCO[C@H]([C@@H](O)C(=O)Nc3ccc4c(c3)CN=C4N)C2=O)c1.Cl. The van der Waals surface area contributed by atoms with Crippen LogP contribution in [0.25, 0.3) is 0 Å². The van der Waals surface area contributed by atoms with Gasteiger partial charge < -0.3 is 30.7 Å². The Morgan fingerprint density at radius 1 is 1.29 bits per heavy atom. The molecule has 1 fully saturated rings. The van der Waals surface area contributed by atoms with E-state index in [4.69, 9.17) is 10.5 Å². The number of nitrogens with one attached hydrogen (secondary N) is 1. The van der Waals surface area contributed by atoms with Gasteiger partial charge in [-0.05, 0) is 42.0 Å². The van der Waals surface area contributed by atoms with Crippen molar-refractivity contribution in [2.75, 3.05) is 37.5 Å². The Morgan fingerprint density at radius 2 is 2.03 bits per heavy atom. The molecular formula is C23H25ClFN5O5. The van der Waals surface area contributed by atoms with E-state index in [1.54, 1.807) is 18.2 Å². The monoisotopic (exact) mass is 505 g/mol. The summed E-state index contributed by atoms with van der Waals surface area (Å²) in [5.41, 5.74) is 8.00. The molecule has 2 aromatic rings. The number of ether oxygens (including phenoxy) is 1. The van der Waals surface area contributed by atoms with Crippen LogP contribution in [0, 0.1) is 5.82 Å². The van der Waals surface area contributed by atoms with Crippen LogP contribution < -0.4 is 16.0 Å². The molecular weight excluding hydrogens is 481 g/mol. The van der Waals surface area contributed by atoms with E-state index in [-0.39, 0.29) is 36.8 Å². The minimum atomic E-state index is -1.82. The molecule has 0 bridgehead atoms. The molecule has 1 saturated heterocycles. The second-order valence-corrected chi connectivity index (χ2v) is 8.19. The molecule has 2 aromatic carbocycles. The number of nitrogens with zero attached hydrogens (tertiary/aromatic N) is 3. The number of morpholine rings is 1. The Labute approximate surface area is 207 Å². The second-order valence-electron chi connectivity index (χ2n) is 8.19. The number of carbonyl (C=O) groups excluding carboxylic acids is 3. The van der Waals surface area contributed by atoms with Crippen LogP contribution in [0.1, 0.15) is 21.5 Å². The van der Waals surface area contributed by atoms with Gasteiger partial charge in [0.15, 0.2) is 12.2 Å². The lowest BCUT2D eigenvalue weighted by atomic mass is 10.1. The average molecular weight is 506 g/mol. The third-order valence-electron chi connectivity index (χ3n) is 5.59. The maximum atomic E-state index is 14.2. The number of nitrogens with two attached hydrogens (primary N) is 1. The predicted molar refractivity (Wildman–Crippen MR) is 129 cm³/mol. The molecule has 4 N–H and O–H groups in total. The maximum absolute atomic E-state index is 14.2. The molecule has 186 valence electrons. The molecule has 10 nitrogen and oxygen atoms in total. The molecule has 2 aliphatic heterocycles. The zero-order valence-electron chi connectivity index (χ0n) is 19.0. The van der Waals surface area contributed by atoms with Crippen molar-refractivity contribution in [3.8, 4) is 0 Å². The number of fused-ring (bicyclic) bond motifs is 1. The van der Waals surface area contributed by atoms with Gasteiger partial charge in [0.1, 0.15) is 11.7 Å². The molecule has 12 heteroatoms. The van der Waals surface area contributed by atoms with Crippen molar-refractivity contribution >= 4 is 47.3 Å². The Bertz CT molecular complexity index is 1200. The number of hydrogen-bond acceptors (Lipinski definition) is 7. The Balaban J connectivity index is 0.00000342. The van der Waals surface area contributed by atoms with E-state index < -0.39 is 35.7 Å². The minimum absolute atomic E-state index is 0. The lowest BCUT2D eigenvalue weighted by molar-refractivity contribution is -0.150. The highest BCUT2D eigenvalue weighted by atomic mass is 35.5. The summed E-state index contributed by atoms with van der Waals surface area (Å²) in [4.78, 5) is 44.6. The number of benzene rings is 2. The number of anilines is 2. The molecule has 0 aliphatic carbocycles. The molecule has 4 rings (SSSR count). The van der Waals surface area contributed by atoms with E-state index in [1.165, 1.54) is 30.0 Å². The van der Waals surface area contributed by atoms with Crippen LogP contribution in [0.4, 0.5) is 15.8 Å². The van der Waals surface area contributed by atoms with Crippen molar-refractivity contribution in [3.05, 3.63) is 58.9 Å². The highest BCUT2D eigenvalue weighted by Gasteiger charge is 2.39. The van der Waals surface area contributed by atoms with Gasteiger partial charge in [-0.1, -0.05) is 0 Å². The summed E-state index contributed by atoms with van der Waals surface area (Å²) in [7, 11) is 3.06. The van der Waals surface area contributed by atoms with Crippen LogP contribution in [0.15, 0.2) is 41.4 Å². The van der Waals surface area contributed by atoms with E-state index in [9.17, 15) is 23.9 Å². The van der Waals surface area contributed by atoms with E-state index in [0.717, 1.165) is 23.3 Å². The number of amides is 3. The van der Waals surface area contributed by atoms with Crippen molar-refractivity contribution in [1.82, 2.24) is 4.90 Å².